The molecule has 1 heterocycles. The van der Waals surface area contributed by atoms with Crippen molar-refractivity contribution in [3.8, 4) is 17.2 Å². The number of oxazole rings is 1. The smallest absolute Gasteiger partial charge is 0.319 e. The predicted octanol–water partition coefficient (Wildman–Crippen LogP) is 5.37. The van der Waals surface area contributed by atoms with Crippen molar-refractivity contribution in [3.05, 3.63) is 71.6 Å². The third kappa shape index (κ3) is 5.64. The molecule has 3 rings (SSSR count). The Morgan fingerprint density at radius 2 is 1.93 bits per heavy atom. The average molecular weight is 412 g/mol. The van der Waals surface area contributed by atoms with Gasteiger partial charge in [-0.25, -0.2) is 4.98 Å². The highest BCUT2D eigenvalue weighted by Gasteiger charge is 2.27. The van der Waals surface area contributed by atoms with Crippen LogP contribution >= 0.6 is 11.8 Å². The van der Waals surface area contributed by atoms with Gasteiger partial charge in [-0.15, -0.1) is 11.8 Å². The third-order valence-corrected chi connectivity index (χ3v) is 5.91. The van der Waals surface area contributed by atoms with Crippen molar-refractivity contribution in [1.82, 2.24) is 4.98 Å². The lowest BCUT2D eigenvalue weighted by Gasteiger charge is -2.18. The molecule has 29 heavy (non-hydrogen) atoms. The van der Waals surface area contributed by atoms with Crippen LogP contribution in [0.25, 0.3) is 11.5 Å². The first-order valence-corrected chi connectivity index (χ1v) is 10.4. The van der Waals surface area contributed by atoms with E-state index in [4.69, 9.17) is 9.15 Å². The zero-order valence-electron chi connectivity index (χ0n) is 16.8. The van der Waals surface area contributed by atoms with Crippen LogP contribution in [-0.2, 0) is 17.0 Å². The maximum absolute atomic E-state index is 11.2. The summed E-state index contributed by atoms with van der Waals surface area (Å²) in [5.41, 5.74) is 2.88. The van der Waals surface area contributed by atoms with Gasteiger partial charge in [-0.2, -0.15) is 0 Å². The molecule has 0 saturated heterocycles. The third-order valence-electron chi connectivity index (χ3n) is 4.53. The van der Waals surface area contributed by atoms with E-state index in [1.807, 2.05) is 61.5 Å². The summed E-state index contributed by atoms with van der Waals surface area (Å²) in [4.78, 5) is 15.8. The molecule has 0 bridgehead atoms. The van der Waals surface area contributed by atoms with Gasteiger partial charge in [0.2, 0.25) is 5.89 Å². The molecule has 5 nitrogen and oxygen atoms in total. The Hall–Kier alpha value is -2.73. The van der Waals surface area contributed by atoms with E-state index in [0.717, 1.165) is 28.3 Å². The monoisotopic (exact) mass is 411 g/mol. The van der Waals surface area contributed by atoms with Gasteiger partial charge in [0, 0.05) is 17.7 Å². The second kappa shape index (κ2) is 9.18. The minimum atomic E-state index is -0.822. The molecule has 0 saturated carbocycles. The van der Waals surface area contributed by atoms with Crippen LogP contribution in [0.5, 0.6) is 5.75 Å². The molecule has 0 atom stereocenters. The number of carboxylic acid groups (broad SMARTS) is 1. The van der Waals surface area contributed by atoms with Crippen LogP contribution in [0.3, 0.4) is 0 Å². The Morgan fingerprint density at radius 1 is 1.17 bits per heavy atom. The predicted molar refractivity (Wildman–Crippen MR) is 115 cm³/mol. The maximum atomic E-state index is 11.2. The van der Waals surface area contributed by atoms with Gasteiger partial charge in [0.15, 0.2) is 0 Å². The van der Waals surface area contributed by atoms with Gasteiger partial charge in [-0.05, 0) is 50.6 Å². The number of aliphatic carboxylic acids is 1. The highest BCUT2D eigenvalue weighted by molar-refractivity contribution is 8.00. The molecule has 6 heteroatoms. The van der Waals surface area contributed by atoms with Crippen LogP contribution in [0.1, 0.15) is 30.9 Å². The molecule has 0 aliphatic rings. The summed E-state index contributed by atoms with van der Waals surface area (Å²) >= 11 is 1.39. The number of rotatable bonds is 9. The van der Waals surface area contributed by atoms with E-state index < -0.39 is 10.7 Å². The van der Waals surface area contributed by atoms with Crippen molar-refractivity contribution in [2.24, 2.45) is 0 Å². The summed E-state index contributed by atoms with van der Waals surface area (Å²) in [7, 11) is 0. The quantitative estimate of drug-likeness (QED) is 0.510. The number of carboxylic acids is 1. The number of nitrogens with zero attached hydrogens (tertiary/aromatic N) is 1. The highest BCUT2D eigenvalue weighted by atomic mass is 32.2. The van der Waals surface area contributed by atoms with Crippen LogP contribution in [0.4, 0.5) is 0 Å². The lowest BCUT2D eigenvalue weighted by Crippen LogP contribution is -2.27. The van der Waals surface area contributed by atoms with Gasteiger partial charge >= 0.3 is 5.97 Å². The van der Waals surface area contributed by atoms with Crippen LogP contribution in [0.2, 0.25) is 0 Å². The molecule has 0 fully saturated rings. The van der Waals surface area contributed by atoms with Crippen LogP contribution < -0.4 is 4.74 Å². The van der Waals surface area contributed by atoms with E-state index in [2.05, 4.69) is 4.98 Å². The number of hydrogen-bond acceptors (Lipinski definition) is 5. The molecule has 2 aromatic carbocycles. The van der Waals surface area contributed by atoms with Gasteiger partial charge in [-0.1, -0.05) is 30.3 Å². The largest absolute Gasteiger partial charge is 0.493 e. The van der Waals surface area contributed by atoms with Gasteiger partial charge in [0.05, 0.1) is 12.3 Å². The van der Waals surface area contributed by atoms with Gasteiger partial charge in [0.1, 0.15) is 16.3 Å². The molecule has 0 unspecified atom stereocenters. The molecule has 0 aliphatic carbocycles. The maximum Gasteiger partial charge on any atom is 0.319 e. The van der Waals surface area contributed by atoms with Crippen molar-refractivity contribution in [2.45, 2.75) is 37.7 Å². The van der Waals surface area contributed by atoms with E-state index in [0.29, 0.717) is 24.7 Å². The van der Waals surface area contributed by atoms with Crippen molar-refractivity contribution >= 4 is 17.7 Å². The number of aromatic nitrogens is 1. The number of aryl methyl sites for hydroxylation is 1. The van der Waals surface area contributed by atoms with E-state index in [-0.39, 0.29) is 0 Å². The summed E-state index contributed by atoms with van der Waals surface area (Å²) < 4.78 is 10.9. The Balaban J connectivity index is 1.56. The normalized spacial score (nSPS) is 11.4. The number of hydrogen-bond donors (Lipinski definition) is 1. The van der Waals surface area contributed by atoms with Crippen molar-refractivity contribution in [1.29, 1.82) is 0 Å². The number of benzene rings is 2. The second-order valence-electron chi connectivity index (χ2n) is 7.24. The SMILES string of the molecule is Cc1oc(-c2ccccc2)nc1CCOc1cccc(CSC(C)(C)C(=O)O)c1. The zero-order valence-corrected chi connectivity index (χ0v) is 17.7. The Morgan fingerprint density at radius 3 is 2.66 bits per heavy atom. The Bertz CT molecular complexity index is 966. The molecule has 0 amide bonds. The number of carbonyl (C=O) groups is 1. The fraction of sp³-hybridized carbons (Fsp3) is 0.304. The average Bonchev–Trinajstić information content (AvgIpc) is 3.08. The molecular formula is C23H25NO4S. The van der Waals surface area contributed by atoms with E-state index in [1.54, 1.807) is 13.8 Å². The zero-order chi connectivity index (χ0) is 20.9. The van der Waals surface area contributed by atoms with Gasteiger partial charge in [0.25, 0.3) is 0 Å². The first-order chi connectivity index (χ1) is 13.8. The molecule has 152 valence electrons. The molecular weight excluding hydrogens is 386 g/mol. The summed E-state index contributed by atoms with van der Waals surface area (Å²) in [5.74, 6) is 1.99. The van der Waals surface area contributed by atoms with Crippen LogP contribution in [0, 0.1) is 6.92 Å². The molecule has 0 aliphatic heterocycles. The minimum absolute atomic E-state index is 0.485. The van der Waals surface area contributed by atoms with Crippen molar-refractivity contribution in [3.63, 3.8) is 0 Å². The lowest BCUT2D eigenvalue weighted by atomic mass is 10.2. The molecule has 1 N–H and O–H groups in total. The van der Waals surface area contributed by atoms with Crippen LogP contribution in [0.15, 0.2) is 59.0 Å². The summed E-state index contributed by atoms with van der Waals surface area (Å²) in [6, 6.07) is 17.6. The summed E-state index contributed by atoms with van der Waals surface area (Å²) in [5, 5.41) is 9.24. The number of thioether (sulfide) groups is 1. The van der Waals surface area contributed by atoms with Crippen molar-refractivity contribution < 1.29 is 19.1 Å². The minimum Gasteiger partial charge on any atom is -0.493 e. The van der Waals surface area contributed by atoms with E-state index in [1.165, 1.54) is 11.8 Å². The van der Waals surface area contributed by atoms with Crippen LogP contribution in [-0.4, -0.2) is 27.4 Å². The van der Waals surface area contributed by atoms with Gasteiger partial charge in [-0.3, -0.25) is 4.79 Å². The first-order valence-electron chi connectivity index (χ1n) is 9.46. The molecule has 3 aromatic rings. The number of ether oxygens (including phenoxy) is 1. The summed E-state index contributed by atoms with van der Waals surface area (Å²) in [6.45, 7) is 5.82. The topological polar surface area (TPSA) is 72.6 Å². The fourth-order valence-corrected chi connectivity index (χ4v) is 3.51. The van der Waals surface area contributed by atoms with Crippen molar-refractivity contribution in [2.75, 3.05) is 6.61 Å². The molecule has 0 spiro atoms. The second-order valence-corrected chi connectivity index (χ2v) is 8.84. The first kappa shape index (κ1) is 21.0. The molecule has 1 aromatic heterocycles. The standard InChI is InChI=1S/C23H25NO4S/c1-16-20(24-21(28-16)18-9-5-4-6-10-18)12-13-27-19-11-7-8-17(14-19)15-29-23(2,3)22(25)26/h4-11,14H,12-13,15H2,1-3H3,(H,25,26). The van der Waals surface area contributed by atoms with Gasteiger partial charge < -0.3 is 14.3 Å². The Labute approximate surface area is 175 Å². The fourth-order valence-electron chi connectivity index (χ4n) is 2.68. The lowest BCUT2D eigenvalue weighted by molar-refractivity contribution is -0.138. The summed E-state index contributed by atoms with van der Waals surface area (Å²) in [6.07, 6.45) is 0.646. The van der Waals surface area contributed by atoms with E-state index >= 15 is 0 Å². The van der Waals surface area contributed by atoms with E-state index in [9.17, 15) is 9.90 Å². The highest BCUT2D eigenvalue weighted by Crippen LogP contribution is 2.29. The Kier molecular flexibility index (Phi) is 6.64. The molecule has 0 radical (unpaired) electrons.